The van der Waals surface area contributed by atoms with Gasteiger partial charge in [0.2, 0.25) is 11.9 Å². The van der Waals surface area contributed by atoms with Crippen molar-refractivity contribution in [1.82, 2.24) is 35.5 Å². The molecule has 6 aromatic rings. The maximum absolute atomic E-state index is 14.2. The van der Waals surface area contributed by atoms with Gasteiger partial charge in [0, 0.05) is 36.6 Å². The first kappa shape index (κ1) is 41.1. The Morgan fingerprint density at radius 1 is 0.953 bits per heavy atom. The summed E-state index contributed by atoms with van der Waals surface area (Å²) >= 11 is 0. The van der Waals surface area contributed by atoms with Gasteiger partial charge in [0.15, 0.2) is 5.78 Å². The third kappa shape index (κ3) is 7.34. The normalized spacial score (nSPS) is 21.8. The average molecular weight is 867 g/mol. The first-order valence-corrected chi connectivity index (χ1v) is 21.8. The van der Waals surface area contributed by atoms with E-state index in [4.69, 9.17) is 24.2 Å². The van der Waals surface area contributed by atoms with Crippen LogP contribution in [0.1, 0.15) is 62.1 Å². The number of alkyl carbamates (subject to hydrolysis) is 1. The number of nitrogens with zero attached hydrogens (tertiary/aromatic N) is 4. The minimum Gasteiger partial charge on any atom is -0.488 e. The Morgan fingerprint density at radius 2 is 1.78 bits per heavy atom. The monoisotopic (exact) mass is 866 g/mol. The number of hydrogen-bond donors (Lipinski definition) is 5. The molecular weight excluding hydrogens is 817 g/mol. The van der Waals surface area contributed by atoms with Crippen LogP contribution >= 0.6 is 0 Å². The molecule has 4 aliphatic rings. The predicted molar refractivity (Wildman–Crippen MR) is 238 cm³/mol. The van der Waals surface area contributed by atoms with Crippen molar-refractivity contribution in [2.24, 2.45) is 17.8 Å². The SMILES string of the molecule is COCC1C[C@@H](c2ncc(-c3ccc4c(c3)COc3cc5c(ccc6nc(N7C8C[C@@H]8C[C@H]7C(=O)[C@H](NC(=O)O)c7ccccc7)[nH]c65)cc3-4)[nH]2)N(C(=O)C(NC(=O)OC)C(C)C)C1. The second kappa shape index (κ2) is 16.3. The molecule has 3 fully saturated rings. The lowest BCUT2D eigenvalue weighted by Crippen LogP contribution is -2.51. The molecule has 0 radical (unpaired) electrons. The molecule has 16 heteroatoms. The number of rotatable bonds is 12. The van der Waals surface area contributed by atoms with Gasteiger partial charge in [-0.15, -0.1) is 0 Å². The lowest BCUT2D eigenvalue weighted by molar-refractivity contribution is -0.135. The highest BCUT2D eigenvalue weighted by Gasteiger charge is 2.56. The topological polar surface area (TPSA) is 204 Å². The Bertz CT molecular complexity index is 2800. The van der Waals surface area contributed by atoms with E-state index in [0.717, 1.165) is 61.9 Å². The Kier molecular flexibility index (Phi) is 10.5. The van der Waals surface area contributed by atoms with Gasteiger partial charge < -0.3 is 49.7 Å². The Hall–Kier alpha value is -6.94. The highest BCUT2D eigenvalue weighted by Crippen LogP contribution is 2.51. The molecule has 5 heterocycles. The van der Waals surface area contributed by atoms with Gasteiger partial charge in [0.05, 0.1) is 48.7 Å². The first-order valence-electron chi connectivity index (χ1n) is 21.8. The van der Waals surface area contributed by atoms with Crippen molar-refractivity contribution in [2.45, 2.75) is 69.9 Å². The summed E-state index contributed by atoms with van der Waals surface area (Å²) in [5.41, 5.74) is 7.00. The van der Waals surface area contributed by atoms with Gasteiger partial charge in [-0.1, -0.05) is 62.4 Å². The van der Waals surface area contributed by atoms with E-state index in [1.165, 1.54) is 7.11 Å². The quantitative estimate of drug-likeness (QED) is 0.0837. The standard InChI is InChI=1S/C48H50N8O8/c1-24(2)40(54-48(61)63-4)45(58)55-21-25(22-62-3)14-38(55)44-49-20-35(50-44)28-10-12-31-30(15-28)23-64-39-19-32-27(16-33(31)39)11-13-34-42(32)52-46(51-34)56-36-17-29(36)18-37(56)43(57)41(53-47(59)60)26-8-6-5-7-9-26/h5-13,15-16,19-20,24-25,29,36-38,40-41,53H,14,17-18,21-23H2,1-4H3,(H,49,50)(H,51,52)(H,54,61)(H,59,60)/t25?,29-,36?,37+,38+,40?,41-/m1/s1. The number of ketones is 1. The van der Waals surface area contributed by atoms with Crippen LogP contribution in [-0.2, 0) is 25.7 Å². The number of aromatic amines is 2. The van der Waals surface area contributed by atoms with Gasteiger partial charge in [-0.3, -0.25) is 9.59 Å². The maximum Gasteiger partial charge on any atom is 0.407 e. The summed E-state index contributed by atoms with van der Waals surface area (Å²) in [6, 6.07) is 21.0. The zero-order valence-electron chi connectivity index (χ0n) is 36.0. The number of Topliss-reactive ketones (excluding diaryl/α,β-unsaturated/α-hetero) is 1. The van der Waals surface area contributed by atoms with E-state index in [2.05, 4.69) is 61.9 Å². The lowest BCUT2D eigenvalue weighted by atomic mass is 9.92. The molecule has 0 bridgehead atoms. The largest absolute Gasteiger partial charge is 0.488 e. The number of likely N-dealkylation sites (tertiary alicyclic amines) is 1. The molecule has 0 spiro atoms. The molecule has 330 valence electrons. The summed E-state index contributed by atoms with van der Waals surface area (Å²) in [6.45, 7) is 5.10. The van der Waals surface area contributed by atoms with Crippen LogP contribution < -0.4 is 20.3 Å². The van der Waals surface area contributed by atoms with Crippen LogP contribution in [0.25, 0.3) is 44.2 Å². The first-order chi connectivity index (χ1) is 31.0. The molecule has 1 saturated carbocycles. The van der Waals surface area contributed by atoms with E-state index < -0.39 is 30.3 Å². The van der Waals surface area contributed by atoms with Crippen LogP contribution in [-0.4, -0.2) is 99.3 Å². The lowest BCUT2D eigenvalue weighted by Gasteiger charge is -2.30. The summed E-state index contributed by atoms with van der Waals surface area (Å²) in [6.07, 6.45) is 2.15. The van der Waals surface area contributed by atoms with Crippen LogP contribution in [0.3, 0.4) is 0 Å². The van der Waals surface area contributed by atoms with E-state index in [-0.39, 0.29) is 35.6 Å². The highest BCUT2D eigenvalue weighted by molar-refractivity contribution is 6.08. The van der Waals surface area contributed by atoms with Crippen molar-refractivity contribution in [3.63, 3.8) is 0 Å². The van der Waals surface area contributed by atoms with Gasteiger partial charge in [-0.25, -0.2) is 19.6 Å². The molecule has 4 aromatic carbocycles. The third-order valence-electron chi connectivity index (χ3n) is 13.4. The number of hydrogen-bond acceptors (Lipinski definition) is 10. The van der Waals surface area contributed by atoms with Gasteiger partial charge in [-0.2, -0.15) is 0 Å². The molecule has 7 atom stereocenters. The molecule has 3 aliphatic heterocycles. The van der Waals surface area contributed by atoms with Crippen LogP contribution in [0.4, 0.5) is 15.5 Å². The molecule has 16 nitrogen and oxygen atoms in total. The number of aromatic nitrogens is 4. The number of fused-ring (bicyclic) bond motifs is 7. The molecule has 64 heavy (non-hydrogen) atoms. The number of carboxylic acid groups (broad SMARTS) is 1. The van der Waals surface area contributed by atoms with Crippen LogP contribution in [0.2, 0.25) is 0 Å². The number of benzene rings is 4. The number of imidazole rings is 2. The molecule has 5 N–H and O–H groups in total. The van der Waals surface area contributed by atoms with Crippen molar-refractivity contribution >= 4 is 51.6 Å². The number of amides is 3. The zero-order chi connectivity index (χ0) is 44.4. The van der Waals surface area contributed by atoms with Crippen molar-refractivity contribution < 1.29 is 38.5 Å². The number of ether oxygens (including phenoxy) is 3. The van der Waals surface area contributed by atoms with E-state index >= 15 is 0 Å². The summed E-state index contributed by atoms with van der Waals surface area (Å²) in [5, 5.41) is 16.8. The van der Waals surface area contributed by atoms with Crippen molar-refractivity contribution in [3.8, 4) is 28.1 Å². The van der Waals surface area contributed by atoms with Crippen molar-refractivity contribution in [2.75, 3.05) is 32.3 Å². The van der Waals surface area contributed by atoms with E-state index in [1.54, 1.807) is 42.5 Å². The van der Waals surface area contributed by atoms with Gasteiger partial charge in [0.1, 0.15) is 30.3 Å². The number of H-pyrrole nitrogens is 2. The summed E-state index contributed by atoms with van der Waals surface area (Å²) in [5.74, 6) is 1.91. The third-order valence-corrected chi connectivity index (χ3v) is 13.4. The van der Waals surface area contributed by atoms with Crippen molar-refractivity contribution in [1.29, 1.82) is 0 Å². The number of nitrogens with one attached hydrogen (secondary N) is 4. The molecule has 1 aliphatic carbocycles. The molecular formula is C48H50N8O8. The fourth-order valence-corrected chi connectivity index (χ4v) is 10.2. The number of carbonyl (C=O) groups is 4. The number of methoxy groups -OCH3 is 2. The van der Waals surface area contributed by atoms with Crippen LogP contribution in [0, 0.1) is 17.8 Å². The second-order valence-corrected chi connectivity index (χ2v) is 17.8. The number of carbonyl (C=O) groups excluding carboxylic acids is 3. The summed E-state index contributed by atoms with van der Waals surface area (Å²) < 4.78 is 16.8. The number of anilines is 1. The van der Waals surface area contributed by atoms with Gasteiger partial charge in [0.25, 0.3) is 0 Å². The molecule has 3 unspecified atom stereocenters. The molecule has 2 saturated heterocycles. The Morgan fingerprint density at radius 3 is 2.55 bits per heavy atom. The Balaban J connectivity index is 0.912. The molecule has 2 aromatic heterocycles. The smallest absolute Gasteiger partial charge is 0.407 e. The minimum absolute atomic E-state index is 0.100. The molecule has 3 amide bonds. The van der Waals surface area contributed by atoms with Crippen molar-refractivity contribution in [3.05, 3.63) is 95.9 Å². The van der Waals surface area contributed by atoms with E-state index in [0.29, 0.717) is 55.9 Å². The fraction of sp³-hybridized carbons (Fsp3) is 0.375. The molecule has 10 rings (SSSR count). The fourth-order valence-electron chi connectivity index (χ4n) is 10.2. The minimum atomic E-state index is -1.25. The summed E-state index contributed by atoms with van der Waals surface area (Å²) in [7, 11) is 2.94. The van der Waals surface area contributed by atoms with E-state index in [1.807, 2.05) is 26.0 Å². The second-order valence-electron chi connectivity index (χ2n) is 17.8. The van der Waals surface area contributed by atoms with Crippen LogP contribution in [0.5, 0.6) is 5.75 Å². The predicted octanol–water partition coefficient (Wildman–Crippen LogP) is 7.13. The zero-order valence-corrected chi connectivity index (χ0v) is 36.0. The average Bonchev–Trinajstić information content (AvgIpc) is 3.76. The van der Waals surface area contributed by atoms with Crippen LogP contribution in [0.15, 0.2) is 79.0 Å². The summed E-state index contributed by atoms with van der Waals surface area (Å²) in [4.78, 5) is 72.8. The van der Waals surface area contributed by atoms with Gasteiger partial charge >= 0.3 is 12.2 Å². The maximum atomic E-state index is 14.2. The van der Waals surface area contributed by atoms with E-state index in [9.17, 15) is 24.3 Å². The highest BCUT2D eigenvalue weighted by atomic mass is 16.5. The number of piperidine rings is 1. The van der Waals surface area contributed by atoms with Gasteiger partial charge in [-0.05, 0) is 83.0 Å². The Labute approximate surface area is 368 Å².